The molecule has 0 radical (unpaired) electrons. The molecule has 0 fully saturated rings. The molecule has 62 valence electrons. The van der Waals surface area contributed by atoms with Gasteiger partial charge in [0.2, 0.25) is 0 Å². The van der Waals surface area contributed by atoms with Gasteiger partial charge in [-0.2, -0.15) is 0 Å². The van der Waals surface area contributed by atoms with Crippen molar-refractivity contribution in [1.29, 1.82) is 0 Å². The van der Waals surface area contributed by atoms with Crippen molar-refractivity contribution in [1.82, 2.24) is 0 Å². The lowest BCUT2D eigenvalue weighted by Gasteiger charge is -1.90. The summed E-state index contributed by atoms with van der Waals surface area (Å²) in [6.07, 6.45) is 0. The molecule has 2 nitrogen and oxygen atoms in total. The molecule has 0 saturated heterocycles. The van der Waals surface area contributed by atoms with E-state index in [9.17, 15) is 4.21 Å². The van der Waals surface area contributed by atoms with Crippen molar-refractivity contribution in [3.8, 4) is 0 Å². The van der Waals surface area contributed by atoms with E-state index >= 15 is 0 Å². The Kier molecular flexibility index (Phi) is 1.96. The molecule has 1 unspecified atom stereocenters. The third-order valence-electron chi connectivity index (χ3n) is 1.63. The van der Waals surface area contributed by atoms with Crippen LogP contribution in [0, 0.1) is 0 Å². The number of rotatable bonds is 1. The van der Waals surface area contributed by atoms with Crippen LogP contribution in [0.15, 0.2) is 33.9 Å². The van der Waals surface area contributed by atoms with Crippen LogP contribution in [0.5, 0.6) is 0 Å². The van der Waals surface area contributed by atoms with Gasteiger partial charge in [-0.25, -0.2) is 4.21 Å². The van der Waals surface area contributed by atoms with Crippen LogP contribution in [0.3, 0.4) is 0 Å². The second-order valence-corrected chi connectivity index (χ2v) is 4.40. The molecule has 12 heavy (non-hydrogen) atoms. The monoisotopic (exact) mass is 198 g/mol. The number of benzene rings is 1. The molecule has 1 atom stereocenters. The summed E-state index contributed by atoms with van der Waals surface area (Å²) < 4.78 is 20.2. The lowest BCUT2D eigenvalue weighted by atomic mass is 10.2. The molecule has 4 heteroatoms. The first-order valence-corrected chi connectivity index (χ1v) is 5.35. The van der Waals surface area contributed by atoms with Gasteiger partial charge in [0.25, 0.3) is 0 Å². The minimum atomic E-state index is -1.85. The molecule has 0 amide bonds. The summed E-state index contributed by atoms with van der Waals surface area (Å²) in [7, 11) is 0. The fraction of sp³-hybridized carbons (Fsp3) is 0. The van der Waals surface area contributed by atoms with Gasteiger partial charge >= 0.3 is 0 Å². The van der Waals surface area contributed by atoms with Crippen molar-refractivity contribution in [3.63, 3.8) is 0 Å². The lowest BCUT2D eigenvalue weighted by molar-refractivity contribution is 0.567. The standard InChI is InChI=1S/C8H6O2S2/c9-12(10)8-7-4-2-1-3-6(7)5-11-8/h1-5H,(H,9,10). The second-order valence-electron chi connectivity index (χ2n) is 2.36. The summed E-state index contributed by atoms with van der Waals surface area (Å²) in [4.78, 5) is 0. The van der Waals surface area contributed by atoms with E-state index in [1.54, 1.807) is 0 Å². The maximum atomic E-state index is 10.8. The highest BCUT2D eigenvalue weighted by atomic mass is 32.2. The average molecular weight is 198 g/mol. The molecular weight excluding hydrogens is 192 g/mol. The first-order valence-electron chi connectivity index (χ1n) is 3.36. The smallest absolute Gasteiger partial charge is 0.197 e. The first kappa shape index (κ1) is 7.91. The Labute approximate surface area is 76.1 Å². The molecular formula is C8H6O2S2. The van der Waals surface area contributed by atoms with E-state index in [1.165, 1.54) is 11.3 Å². The molecule has 2 rings (SSSR count). The van der Waals surface area contributed by atoms with E-state index in [2.05, 4.69) is 0 Å². The van der Waals surface area contributed by atoms with Crippen molar-refractivity contribution in [2.45, 2.75) is 4.21 Å². The molecule has 0 aliphatic carbocycles. The number of hydrogen-bond donors (Lipinski definition) is 1. The molecule has 2 aromatic rings. The van der Waals surface area contributed by atoms with Crippen LogP contribution in [0.25, 0.3) is 10.8 Å². The van der Waals surface area contributed by atoms with E-state index in [0.29, 0.717) is 4.21 Å². The lowest BCUT2D eigenvalue weighted by Crippen LogP contribution is -1.82. The van der Waals surface area contributed by atoms with Crippen molar-refractivity contribution < 1.29 is 8.76 Å². The van der Waals surface area contributed by atoms with Crippen LogP contribution in [-0.2, 0) is 11.1 Å². The zero-order chi connectivity index (χ0) is 8.55. The third-order valence-corrected chi connectivity index (χ3v) is 3.69. The molecule has 1 heterocycles. The molecule has 1 aromatic carbocycles. The van der Waals surface area contributed by atoms with Crippen LogP contribution in [0.4, 0.5) is 0 Å². The van der Waals surface area contributed by atoms with Crippen LogP contribution < -0.4 is 0 Å². The first-order chi connectivity index (χ1) is 5.79. The van der Waals surface area contributed by atoms with Gasteiger partial charge in [-0.3, -0.25) is 0 Å². The highest BCUT2D eigenvalue weighted by Gasteiger charge is 2.07. The van der Waals surface area contributed by atoms with Gasteiger partial charge < -0.3 is 4.55 Å². The fourth-order valence-corrected chi connectivity index (χ4v) is 2.70. The van der Waals surface area contributed by atoms with Gasteiger partial charge in [-0.05, 0) is 10.8 Å². The molecule has 0 spiro atoms. The Morgan fingerprint density at radius 3 is 2.83 bits per heavy atom. The second kappa shape index (κ2) is 2.97. The molecule has 0 saturated carbocycles. The predicted molar refractivity (Wildman–Crippen MR) is 50.9 cm³/mol. The maximum Gasteiger partial charge on any atom is 0.197 e. The minimum Gasteiger partial charge on any atom is -0.302 e. The third kappa shape index (κ3) is 1.18. The van der Waals surface area contributed by atoms with Gasteiger partial charge in [0.15, 0.2) is 11.1 Å². The SMILES string of the molecule is O=S(O)c1scc2ccccc12. The molecule has 1 aromatic heterocycles. The maximum absolute atomic E-state index is 10.8. The minimum absolute atomic E-state index is 0.533. The topological polar surface area (TPSA) is 37.3 Å². The normalized spacial score (nSPS) is 13.4. The Bertz CT molecular complexity index is 433. The highest BCUT2D eigenvalue weighted by Crippen LogP contribution is 2.27. The van der Waals surface area contributed by atoms with Gasteiger partial charge in [-0.1, -0.05) is 24.3 Å². The molecule has 0 bridgehead atoms. The number of hydrogen-bond acceptors (Lipinski definition) is 2. The largest absolute Gasteiger partial charge is 0.302 e. The van der Waals surface area contributed by atoms with E-state index in [0.717, 1.165) is 10.8 Å². The predicted octanol–water partition coefficient (Wildman–Crippen LogP) is 2.48. The summed E-state index contributed by atoms with van der Waals surface area (Å²) in [6, 6.07) is 7.57. The van der Waals surface area contributed by atoms with Crippen molar-refractivity contribution in [3.05, 3.63) is 29.6 Å². The molecule has 0 aliphatic heterocycles. The van der Waals surface area contributed by atoms with E-state index in [-0.39, 0.29) is 0 Å². The number of thiophene rings is 1. The van der Waals surface area contributed by atoms with Crippen LogP contribution >= 0.6 is 11.3 Å². The summed E-state index contributed by atoms with van der Waals surface area (Å²) in [5.41, 5.74) is 0. The zero-order valence-corrected chi connectivity index (χ0v) is 7.69. The Morgan fingerprint density at radius 2 is 2.08 bits per heavy atom. The van der Waals surface area contributed by atoms with Crippen LogP contribution in [0.2, 0.25) is 0 Å². The van der Waals surface area contributed by atoms with Gasteiger partial charge in [0.05, 0.1) is 0 Å². The quantitative estimate of drug-likeness (QED) is 0.715. The average Bonchev–Trinajstić information content (AvgIpc) is 2.47. The summed E-state index contributed by atoms with van der Waals surface area (Å²) >= 11 is -0.533. The van der Waals surface area contributed by atoms with E-state index < -0.39 is 11.1 Å². The van der Waals surface area contributed by atoms with E-state index in [4.69, 9.17) is 4.55 Å². The van der Waals surface area contributed by atoms with Crippen molar-refractivity contribution >= 4 is 33.2 Å². The summed E-state index contributed by atoms with van der Waals surface area (Å²) in [5.74, 6) is 0. The molecule has 1 N–H and O–H groups in total. The number of fused-ring (bicyclic) bond motifs is 1. The van der Waals surface area contributed by atoms with Crippen molar-refractivity contribution in [2.75, 3.05) is 0 Å². The van der Waals surface area contributed by atoms with Gasteiger partial charge in [0, 0.05) is 5.39 Å². The summed E-state index contributed by atoms with van der Waals surface area (Å²) in [5, 5.41) is 3.79. The summed E-state index contributed by atoms with van der Waals surface area (Å²) in [6.45, 7) is 0. The van der Waals surface area contributed by atoms with Crippen LogP contribution in [0.1, 0.15) is 0 Å². The van der Waals surface area contributed by atoms with E-state index in [1.807, 2.05) is 29.6 Å². The zero-order valence-electron chi connectivity index (χ0n) is 6.06. The fourth-order valence-electron chi connectivity index (χ4n) is 1.10. The van der Waals surface area contributed by atoms with Gasteiger partial charge in [-0.15, -0.1) is 11.3 Å². The van der Waals surface area contributed by atoms with Crippen LogP contribution in [-0.4, -0.2) is 8.76 Å². The molecule has 0 aliphatic rings. The highest BCUT2D eigenvalue weighted by molar-refractivity contribution is 7.82. The van der Waals surface area contributed by atoms with Crippen molar-refractivity contribution in [2.24, 2.45) is 0 Å². The van der Waals surface area contributed by atoms with Gasteiger partial charge in [0.1, 0.15) is 4.21 Å². The Morgan fingerprint density at radius 1 is 1.33 bits per heavy atom. The Hall–Kier alpha value is -0.710. The Balaban J connectivity index is 2.79.